The van der Waals surface area contributed by atoms with Gasteiger partial charge in [-0.15, -0.1) is 0 Å². The van der Waals surface area contributed by atoms with Gasteiger partial charge in [-0.3, -0.25) is 4.79 Å². The van der Waals surface area contributed by atoms with E-state index in [4.69, 9.17) is 5.73 Å². The largest absolute Gasteiger partial charge is 0.348 e. The maximum atomic E-state index is 13.4. The summed E-state index contributed by atoms with van der Waals surface area (Å²) >= 11 is 0. The Morgan fingerprint density at radius 3 is 2.77 bits per heavy atom. The van der Waals surface area contributed by atoms with Crippen molar-refractivity contribution >= 4 is 5.91 Å². The Labute approximate surface area is 126 Å². The second kappa shape index (κ2) is 5.84. The van der Waals surface area contributed by atoms with Gasteiger partial charge in [0.25, 0.3) is 0 Å². The molecule has 0 radical (unpaired) electrons. The van der Waals surface area contributed by atoms with Crippen LogP contribution in [0.4, 0.5) is 8.78 Å². The molecule has 0 unspecified atom stereocenters. The van der Waals surface area contributed by atoms with Gasteiger partial charge in [-0.2, -0.15) is 5.10 Å². The minimum Gasteiger partial charge on any atom is -0.348 e. The van der Waals surface area contributed by atoms with E-state index in [1.165, 1.54) is 16.8 Å². The van der Waals surface area contributed by atoms with Gasteiger partial charge in [0.2, 0.25) is 5.91 Å². The summed E-state index contributed by atoms with van der Waals surface area (Å²) in [4.78, 5) is 11.5. The topological polar surface area (TPSA) is 72.9 Å². The molecule has 0 saturated heterocycles. The molecule has 1 aliphatic rings. The lowest BCUT2D eigenvalue weighted by Crippen LogP contribution is -2.35. The fourth-order valence-corrected chi connectivity index (χ4v) is 2.84. The molecule has 116 valence electrons. The highest BCUT2D eigenvalue weighted by molar-refractivity contribution is 5.78. The van der Waals surface area contributed by atoms with Gasteiger partial charge in [-0.25, -0.2) is 13.5 Å². The zero-order valence-electron chi connectivity index (χ0n) is 11.9. The van der Waals surface area contributed by atoms with Gasteiger partial charge in [0.1, 0.15) is 11.6 Å². The number of hydrogen-bond acceptors (Lipinski definition) is 3. The quantitative estimate of drug-likeness (QED) is 0.904. The van der Waals surface area contributed by atoms with Gasteiger partial charge in [-0.05, 0) is 31.4 Å². The SMILES string of the molecule is NCC(=O)N[C@H]1CCCc2c1cnn2-c1cc(F)cc(F)c1. The molecular formula is C15H16F2N4O. The lowest BCUT2D eigenvalue weighted by Gasteiger charge is -2.24. The van der Waals surface area contributed by atoms with Crippen LogP contribution in [0.15, 0.2) is 24.4 Å². The van der Waals surface area contributed by atoms with Crippen LogP contribution < -0.4 is 11.1 Å². The molecule has 2 aromatic rings. The molecule has 0 saturated carbocycles. The lowest BCUT2D eigenvalue weighted by atomic mass is 9.93. The van der Waals surface area contributed by atoms with Crippen LogP contribution >= 0.6 is 0 Å². The number of nitrogens with zero attached hydrogens (tertiary/aromatic N) is 2. The van der Waals surface area contributed by atoms with Crippen LogP contribution in [0.2, 0.25) is 0 Å². The number of halogens is 2. The first-order chi connectivity index (χ1) is 10.6. The standard InChI is InChI=1S/C15H16F2N4O/c16-9-4-10(17)6-11(5-9)21-14-3-1-2-13(12(14)8-19-21)20-15(22)7-18/h4-6,8,13H,1-3,7,18H2,(H,20,22)/t13-/m0/s1. The third-order valence-corrected chi connectivity index (χ3v) is 3.80. The summed E-state index contributed by atoms with van der Waals surface area (Å²) in [5, 5.41) is 7.08. The number of amides is 1. The summed E-state index contributed by atoms with van der Waals surface area (Å²) in [6.07, 6.45) is 4.02. The number of carbonyl (C=O) groups is 1. The third kappa shape index (κ3) is 2.71. The zero-order chi connectivity index (χ0) is 15.7. The number of fused-ring (bicyclic) bond motifs is 1. The second-order valence-electron chi connectivity index (χ2n) is 5.30. The Balaban J connectivity index is 1.98. The average Bonchev–Trinajstić information content (AvgIpc) is 2.91. The van der Waals surface area contributed by atoms with Crippen molar-refractivity contribution in [3.8, 4) is 5.69 Å². The lowest BCUT2D eigenvalue weighted by molar-refractivity contribution is -0.120. The molecule has 0 spiro atoms. The highest BCUT2D eigenvalue weighted by Crippen LogP contribution is 2.31. The Morgan fingerprint density at radius 1 is 1.36 bits per heavy atom. The molecule has 1 aromatic heterocycles. The normalized spacial score (nSPS) is 17.1. The highest BCUT2D eigenvalue weighted by atomic mass is 19.1. The number of benzene rings is 1. The first kappa shape index (κ1) is 14.6. The van der Waals surface area contributed by atoms with E-state index in [1.54, 1.807) is 6.20 Å². The molecule has 5 nitrogen and oxygen atoms in total. The summed E-state index contributed by atoms with van der Waals surface area (Å²) in [7, 11) is 0. The van der Waals surface area contributed by atoms with Crippen LogP contribution in [-0.2, 0) is 11.2 Å². The Morgan fingerprint density at radius 2 is 2.09 bits per heavy atom. The van der Waals surface area contributed by atoms with Crippen molar-refractivity contribution in [2.24, 2.45) is 5.73 Å². The molecule has 1 aliphatic carbocycles. The van der Waals surface area contributed by atoms with Crippen LogP contribution in [0.5, 0.6) is 0 Å². The van der Waals surface area contributed by atoms with Gasteiger partial charge in [-0.1, -0.05) is 0 Å². The van der Waals surface area contributed by atoms with Crippen LogP contribution in [0.1, 0.15) is 30.1 Å². The van der Waals surface area contributed by atoms with Gasteiger partial charge >= 0.3 is 0 Å². The number of nitrogens with two attached hydrogens (primary N) is 1. The number of nitrogens with one attached hydrogen (secondary N) is 1. The molecule has 22 heavy (non-hydrogen) atoms. The first-order valence-corrected chi connectivity index (χ1v) is 7.11. The van der Waals surface area contributed by atoms with E-state index in [1.807, 2.05) is 0 Å². The summed E-state index contributed by atoms with van der Waals surface area (Å²) < 4.78 is 28.3. The second-order valence-corrected chi connectivity index (χ2v) is 5.30. The van der Waals surface area contributed by atoms with Crippen LogP contribution in [-0.4, -0.2) is 22.2 Å². The molecule has 1 atom stereocenters. The fraction of sp³-hybridized carbons (Fsp3) is 0.333. The predicted molar refractivity (Wildman–Crippen MR) is 76.4 cm³/mol. The highest BCUT2D eigenvalue weighted by Gasteiger charge is 2.26. The molecule has 0 aliphatic heterocycles. The smallest absolute Gasteiger partial charge is 0.234 e. The van der Waals surface area contributed by atoms with Gasteiger partial charge in [0.15, 0.2) is 0 Å². The monoisotopic (exact) mass is 306 g/mol. The van der Waals surface area contributed by atoms with E-state index in [2.05, 4.69) is 10.4 Å². The third-order valence-electron chi connectivity index (χ3n) is 3.80. The summed E-state index contributed by atoms with van der Waals surface area (Å²) in [6.45, 7) is -0.0743. The molecule has 3 rings (SSSR count). The van der Waals surface area contributed by atoms with Crippen LogP contribution in [0, 0.1) is 11.6 Å². The summed E-state index contributed by atoms with van der Waals surface area (Å²) in [6, 6.07) is 3.13. The summed E-state index contributed by atoms with van der Waals surface area (Å²) in [5.74, 6) is -1.53. The average molecular weight is 306 g/mol. The van der Waals surface area contributed by atoms with Crippen molar-refractivity contribution in [1.82, 2.24) is 15.1 Å². The number of carbonyl (C=O) groups excluding carboxylic acids is 1. The van der Waals surface area contributed by atoms with Crippen molar-refractivity contribution < 1.29 is 13.6 Å². The van der Waals surface area contributed by atoms with Gasteiger partial charge in [0, 0.05) is 17.3 Å². The van der Waals surface area contributed by atoms with E-state index in [9.17, 15) is 13.6 Å². The maximum Gasteiger partial charge on any atom is 0.234 e. The fourth-order valence-electron chi connectivity index (χ4n) is 2.84. The Kier molecular flexibility index (Phi) is 3.89. The van der Waals surface area contributed by atoms with Crippen LogP contribution in [0.25, 0.3) is 5.69 Å². The zero-order valence-corrected chi connectivity index (χ0v) is 11.9. The molecular weight excluding hydrogens is 290 g/mol. The molecule has 7 heteroatoms. The maximum absolute atomic E-state index is 13.4. The number of hydrogen-bond donors (Lipinski definition) is 2. The number of rotatable bonds is 3. The Bertz CT molecular complexity index is 693. The van der Waals surface area contributed by atoms with Gasteiger partial charge in [0.05, 0.1) is 24.5 Å². The Hall–Kier alpha value is -2.28. The number of aromatic nitrogens is 2. The minimum atomic E-state index is -0.650. The van der Waals surface area contributed by atoms with Crippen molar-refractivity contribution in [2.45, 2.75) is 25.3 Å². The molecule has 1 amide bonds. The van der Waals surface area contributed by atoms with E-state index in [0.717, 1.165) is 36.6 Å². The van der Waals surface area contributed by atoms with Crippen molar-refractivity contribution in [2.75, 3.05) is 6.54 Å². The molecule has 1 aromatic carbocycles. The van der Waals surface area contributed by atoms with E-state index >= 15 is 0 Å². The van der Waals surface area contributed by atoms with Crippen molar-refractivity contribution in [3.63, 3.8) is 0 Å². The minimum absolute atomic E-state index is 0.0743. The van der Waals surface area contributed by atoms with E-state index in [0.29, 0.717) is 5.69 Å². The van der Waals surface area contributed by atoms with E-state index in [-0.39, 0.29) is 18.5 Å². The molecule has 1 heterocycles. The molecule has 3 N–H and O–H groups in total. The van der Waals surface area contributed by atoms with Crippen molar-refractivity contribution in [1.29, 1.82) is 0 Å². The molecule has 0 fully saturated rings. The molecule has 0 bridgehead atoms. The first-order valence-electron chi connectivity index (χ1n) is 7.11. The predicted octanol–water partition coefficient (Wildman–Crippen LogP) is 1.60. The van der Waals surface area contributed by atoms with E-state index < -0.39 is 11.6 Å². The van der Waals surface area contributed by atoms with Crippen molar-refractivity contribution in [3.05, 3.63) is 47.3 Å². The summed E-state index contributed by atoms with van der Waals surface area (Å²) in [5.41, 5.74) is 7.39. The van der Waals surface area contributed by atoms with Gasteiger partial charge < -0.3 is 11.1 Å². The van der Waals surface area contributed by atoms with Crippen LogP contribution in [0.3, 0.4) is 0 Å².